The number of ether oxygens (including phenoxy) is 1. The van der Waals surface area contributed by atoms with Crippen LogP contribution in [0.25, 0.3) is 0 Å². The van der Waals surface area contributed by atoms with Gasteiger partial charge in [-0.25, -0.2) is 0 Å². The number of benzene rings is 3. The number of rotatable bonds is 6. The Labute approximate surface area is 315 Å². The van der Waals surface area contributed by atoms with Gasteiger partial charge >= 0.3 is 0 Å². The molecular weight excluding hydrogens is 871 g/mol. The lowest BCUT2D eigenvalue weighted by atomic mass is 9.56. The van der Waals surface area contributed by atoms with Crippen molar-refractivity contribution in [3.63, 3.8) is 0 Å². The molecule has 1 N–H and O–H groups in total. The third kappa shape index (κ3) is 4.77. The highest BCUT2D eigenvalue weighted by Gasteiger charge is 2.76. The number of carbonyl (C=O) groups is 5. The second-order valence-corrected chi connectivity index (χ2v) is 15.7. The summed E-state index contributed by atoms with van der Waals surface area (Å²) in [5, 5.41) is 10.7. The lowest BCUT2D eigenvalue weighted by Gasteiger charge is -2.51. The maximum Gasteiger partial charge on any atom is 0.254 e. The first kappa shape index (κ1) is 34.4. The molecule has 0 aromatic heterocycles. The van der Waals surface area contributed by atoms with Gasteiger partial charge in [-0.15, -0.1) is 23.2 Å². The lowest BCUT2D eigenvalue weighted by molar-refractivity contribution is -0.138. The number of phenols is 1. The number of anilines is 1. The van der Waals surface area contributed by atoms with Gasteiger partial charge in [0.25, 0.3) is 11.8 Å². The van der Waals surface area contributed by atoms with Crippen molar-refractivity contribution < 1.29 is 33.8 Å². The van der Waals surface area contributed by atoms with Crippen LogP contribution in [0.4, 0.5) is 5.69 Å². The van der Waals surface area contributed by atoms with Gasteiger partial charge in [-0.05, 0) is 86.5 Å². The Kier molecular flexibility index (Phi) is 8.66. The normalized spacial score (nSPS) is 29.1. The molecule has 9 nitrogen and oxygen atoms in total. The Morgan fingerprint density at radius 3 is 2.22 bits per heavy atom. The number of ketones is 1. The van der Waals surface area contributed by atoms with E-state index in [4.69, 9.17) is 27.9 Å². The molecule has 6 atom stereocenters. The molecule has 4 amide bonds. The van der Waals surface area contributed by atoms with Crippen LogP contribution in [0.1, 0.15) is 40.2 Å². The second-order valence-electron chi connectivity index (χ2n) is 12.4. The number of amides is 4. The zero-order chi connectivity index (χ0) is 35.2. The lowest BCUT2D eigenvalue weighted by Crippen LogP contribution is -2.60. The third-order valence-corrected chi connectivity index (χ3v) is 14.2. The molecule has 14 heteroatoms. The molecule has 49 heavy (non-hydrogen) atoms. The standard InChI is InChI=1S/C35H25Br3Cl2N2O7/c1-49-23-13-21(26(37)27(38)29(23)44)25-19-11-12-20-24(22(19)14-34(39)32(47)41(15-36)33(48)35(25,34)40)31(46)42(30(20)45)18-9-7-17(8-10-18)28(43)16-5-3-2-4-6-16/h2-11,13,20,22,24-25,44H,12,14-15H2,1H3. The Morgan fingerprint density at radius 1 is 0.939 bits per heavy atom. The number of hydrogen-bond acceptors (Lipinski definition) is 7. The van der Waals surface area contributed by atoms with Crippen molar-refractivity contribution in [3.05, 3.63) is 97.9 Å². The SMILES string of the molecule is COc1cc(C2C3=CCC4C(=O)N(c5ccc(C(=O)c6ccccc6)cc5)C(=O)C4C3CC3(Cl)C(=O)N(CBr)C(=O)C23Cl)c(Br)c(Br)c1O. The number of halogens is 5. The zero-order valence-corrected chi connectivity index (χ0v) is 31.7. The van der Waals surface area contributed by atoms with Crippen LogP contribution >= 0.6 is 71.0 Å². The van der Waals surface area contributed by atoms with Crippen LogP contribution in [0, 0.1) is 17.8 Å². The molecule has 7 rings (SSSR count). The molecule has 2 heterocycles. The number of nitrogens with zero attached hydrogens (tertiary/aromatic N) is 2. The number of phenolic OH excluding ortho intramolecular Hbond substituents is 1. The summed E-state index contributed by atoms with van der Waals surface area (Å²) in [6.07, 6.45) is 1.81. The van der Waals surface area contributed by atoms with Crippen molar-refractivity contribution >= 4 is 106 Å². The summed E-state index contributed by atoms with van der Waals surface area (Å²) in [7, 11) is 1.37. The average Bonchev–Trinajstić information content (AvgIpc) is 3.45. The van der Waals surface area contributed by atoms with E-state index in [0.717, 1.165) is 9.80 Å². The van der Waals surface area contributed by atoms with Crippen molar-refractivity contribution in [3.8, 4) is 11.5 Å². The number of hydrogen-bond donors (Lipinski definition) is 1. The monoisotopic (exact) mass is 892 g/mol. The van der Waals surface area contributed by atoms with E-state index in [-0.39, 0.29) is 40.1 Å². The molecule has 0 spiro atoms. The van der Waals surface area contributed by atoms with Gasteiger partial charge in [0.1, 0.15) is 0 Å². The summed E-state index contributed by atoms with van der Waals surface area (Å²) in [5.41, 5.74) is 2.03. The molecule has 0 radical (unpaired) electrons. The molecule has 252 valence electrons. The molecule has 3 aromatic carbocycles. The zero-order valence-electron chi connectivity index (χ0n) is 25.5. The van der Waals surface area contributed by atoms with Crippen molar-refractivity contribution in [1.82, 2.24) is 4.90 Å². The van der Waals surface area contributed by atoms with Crippen LogP contribution in [-0.4, -0.2) is 61.7 Å². The molecule has 3 fully saturated rings. The summed E-state index contributed by atoms with van der Waals surface area (Å²) in [4.78, 5) is 67.5. The highest BCUT2D eigenvalue weighted by molar-refractivity contribution is 9.13. The average molecular weight is 896 g/mol. The van der Waals surface area contributed by atoms with Gasteiger partial charge in [0, 0.05) is 21.5 Å². The van der Waals surface area contributed by atoms with E-state index < -0.39 is 57.0 Å². The number of aromatic hydroxyl groups is 1. The van der Waals surface area contributed by atoms with E-state index in [2.05, 4.69) is 47.8 Å². The van der Waals surface area contributed by atoms with Crippen LogP contribution in [-0.2, 0) is 19.2 Å². The van der Waals surface area contributed by atoms with Crippen LogP contribution in [0.3, 0.4) is 0 Å². The fraction of sp³-hybridized carbons (Fsp3) is 0.286. The van der Waals surface area contributed by atoms with Crippen molar-refractivity contribution in [1.29, 1.82) is 0 Å². The van der Waals surface area contributed by atoms with Gasteiger partial charge in [0.05, 0.1) is 34.6 Å². The topological polar surface area (TPSA) is 121 Å². The van der Waals surface area contributed by atoms with Gasteiger partial charge in [0.15, 0.2) is 27.0 Å². The predicted molar refractivity (Wildman–Crippen MR) is 192 cm³/mol. The Morgan fingerprint density at radius 2 is 1.59 bits per heavy atom. The minimum Gasteiger partial charge on any atom is -0.503 e. The molecule has 6 unspecified atom stereocenters. The second kappa shape index (κ2) is 12.3. The molecule has 2 saturated heterocycles. The third-order valence-electron chi connectivity index (χ3n) is 10.1. The number of likely N-dealkylation sites (tertiary alicyclic amines) is 1. The molecule has 0 bridgehead atoms. The molecule has 2 aliphatic heterocycles. The van der Waals surface area contributed by atoms with Crippen LogP contribution in [0.15, 0.2) is 81.3 Å². The Balaban J connectivity index is 1.32. The van der Waals surface area contributed by atoms with Crippen molar-refractivity contribution in [2.45, 2.75) is 28.5 Å². The minimum atomic E-state index is -2.04. The van der Waals surface area contributed by atoms with Gasteiger partial charge in [-0.1, -0.05) is 57.9 Å². The fourth-order valence-electron chi connectivity index (χ4n) is 7.85. The molecule has 2 aliphatic carbocycles. The van der Waals surface area contributed by atoms with Gasteiger partial charge in [-0.3, -0.25) is 33.8 Å². The molecular formula is C35H25Br3Cl2N2O7. The van der Waals surface area contributed by atoms with Gasteiger partial charge in [-0.2, -0.15) is 0 Å². The van der Waals surface area contributed by atoms with Gasteiger partial charge < -0.3 is 9.84 Å². The molecule has 1 saturated carbocycles. The maximum atomic E-state index is 14.4. The quantitative estimate of drug-likeness (QED) is 0.0925. The number of fused-ring (bicyclic) bond motifs is 4. The largest absolute Gasteiger partial charge is 0.503 e. The minimum absolute atomic E-state index is 0.0727. The maximum absolute atomic E-state index is 14.4. The first-order valence-corrected chi connectivity index (χ1v) is 18.6. The molecule has 3 aromatic rings. The smallest absolute Gasteiger partial charge is 0.254 e. The summed E-state index contributed by atoms with van der Waals surface area (Å²) < 4.78 is 5.99. The molecule has 4 aliphatic rings. The summed E-state index contributed by atoms with van der Waals surface area (Å²) in [5.74, 6) is -6.17. The van der Waals surface area contributed by atoms with E-state index >= 15 is 0 Å². The summed E-state index contributed by atoms with van der Waals surface area (Å²) >= 11 is 24.8. The fourth-order valence-corrected chi connectivity index (χ4v) is 10.2. The van der Waals surface area contributed by atoms with Crippen LogP contribution in [0.5, 0.6) is 11.5 Å². The first-order valence-electron chi connectivity index (χ1n) is 15.1. The number of carbonyl (C=O) groups excluding carboxylic acids is 5. The number of methoxy groups -OCH3 is 1. The van der Waals surface area contributed by atoms with Crippen molar-refractivity contribution in [2.75, 3.05) is 17.5 Å². The van der Waals surface area contributed by atoms with E-state index in [1.54, 1.807) is 48.5 Å². The Bertz CT molecular complexity index is 2010. The summed E-state index contributed by atoms with van der Waals surface area (Å²) in [6, 6.07) is 16.6. The van der Waals surface area contributed by atoms with Crippen LogP contribution in [0.2, 0.25) is 0 Å². The highest BCUT2D eigenvalue weighted by Crippen LogP contribution is 2.67. The van der Waals surface area contributed by atoms with Crippen LogP contribution < -0.4 is 9.64 Å². The van der Waals surface area contributed by atoms with E-state index in [9.17, 15) is 29.1 Å². The number of alkyl halides is 3. The highest BCUT2D eigenvalue weighted by atomic mass is 79.9. The predicted octanol–water partition coefficient (Wildman–Crippen LogP) is 7.07. The first-order chi connectivity index (χ1) is 23.3. The van der Waals surface area contributed by atoms with Crippen molar-refractivity contribution in [2.24, 2.45) is 17.8 Å². The summed E-state index contributed by atoms with van der Waals surface area (Å²) in [6.45, 7) is 0. The van der Waals surface area contributed by atoms with Gasteiger partial charge in [0.2, 0.25) is 11.8 Å². The Hall–Kier alpha value is -3.03. The van der Waals surface area contributed by atoms with E-state index in [1.165, 1.54) is 13.2 Å². The number of allylic oxidation sites excluding steroid dienone is 2. The number of imide groups is 2. The van der Waals surface area contributed by atoms with E-state index in [0.29, 0.717) is 32.4 Å². The van der Waals surface area contributed by atoms with E-state index in [1.807, 2.05) is 12.1 Å².